The number of hydrogen-bond donors (Lipinski definition) is 1. The normalized spacial score (nSPS) is 15.3. The van der Waals surface area contributed by atoms with Crippen molar-refractivity contribution in [2.24, 2.45) is 5.92 Å². The number of amides is 1. The predicted molar refractivity (Wildman–Crippen MR) is 99.3 cm³/mol. The smallest absolute Gasteiger partial charge is 0.223 e. The molecular weight excluding hydrogens is 310 g/mol. The van der Waals surface area contributed by atoms with Crippen molar-refractivity contribution in [3.05, 3.63) is 65.5 Å². The van der Waals surface area contributed by atoms with Gasteiger partial charge in [-0.2, -0.15) is 0 Å². The Morgan fingerprint density at radius 2 is 1.92 bits per heavy atom. The van der Waals surface area contributed by atoms with E-state index in [4.69, 9.17) is 4.98 Å². The largest absolute Gasteiger partial charge is 0.346 e. The summed E-state index contributed by atoms with van der Waals surface area (Å²) in [6.07, 6.45) is 2.02. The van der Waals surface area contributed by atoms with Crippen LogP contribution in [0, 0.1) is 12.8 Å². The summed E-state index contributed by atoms with van der Waals surface area (Å²) in [6.45, 7) is 4.87. The van der Waals surface area contributed by atoms with E-state index in [2.05, 4.69) is 47.1 Å². The Balaban J connectivity index is 1.69. The van der Waals surface area contributed by atoms with Crippen LogP contribution in [0.25, 0.3) is 11.0 Å². The first-order chi connectivity index (χ1) is 12.1. The van der Waals surface area contributed by atoms with Crippen LogP contribution >= 0.6 is 0 Å². The van der Waals surface area contributed by atoms with Crippen LogP contribution in [0.3, 0.4) is 0 Å². The highest BCUT2D eigenvalue weighted by atomic mass is 16.2. The highest BCUT2D eigenvalue weighted by Gasteiger charge is 2.31. The third-order valence-electron chi connectivity index (χ3n) is 4.84. The summed E-state index contributed by atoms with van der Waals surface area (Å²) in [6, 6.07) is 16.6. The standard InChI is InChI=1S/C21H23N3O/c1-14-7-9-16(10-8-14)13-24-19-6-4-3-5-18(19)23-20(24)15(2)22-21(25)17-11-12-17/h3-10,15,17H,11-13H2,1-2H3,(H,22,25). The van der Waals surface area contributed by atoms with Gasteiger partial charge < -0.3 is 9.88 Å². The first-order valence-electron chi connectivity index (χ1n) is 8.93. The zero-order valence-electron chi connectivity index (χ0n) is 14.7. The maximum atomic E-state index is 12.2. The van der Waals surface area contributed by atoms with Gasteiger partial charge in [0.25, 0.3) is 0 Å². The molecule has 1 unspecified atom stereocenters. The molecule has 1 saturated carbocycles. The molecular formula is C21H23N3O. The van der Waals surface area contributed by atoms with E-state index in [1.54, 1.807) is 0 Å². The molecule has 25 heavy (non-hydrogen) atoms. The number of aromatic nitrogens is 2. The summed E-state index contributed by atoms with van der Waals surface area (Å²) in [5.74, 6) is 1.27. The highest BCUT2D eigenvalue weighted by Crippen LogP contribution is 2.30. The first-order valence-corrected chi connectivity index (χ1v) is 8.93. The molecule has 0 aliphatic heterocycles. The number of carbonyl (C=O) groups excluding carboxylic acids is 1. The summed E-state index contributed by atoms with van der Waals surface area (Å²) in [7, 11) is 0. The van der Waals surface area contributed by atoms with Crippen molar-refractivity contribution >= 4 is 16.9 Å². The minimum absolute atomic E-state index is 0.106. The molecule has 0 spiro atoms. The lowest BCUT2D eigenvalue weighted by Gasteiger charge is -2.16. The van der Waals surface area contributed by atoms with Gasteiger partial charge in [-0.05, 0) is 44.4 Å². The van der Waals surface area contributed by atoms with Crippen molar-refractivity contribution in [2.75, 3.05) is 0 Å². The molecule has 4 heteroatoms. The molecule has 1 N–H and O–H groups in total. The monoisotopic (exact) mass is 333 g/mol. The van der Waals surface area contributed by atoms with Crippen molar-refractivity contribution < 1.29 is 4.79 Å². The van der Waals surface area contributed by atoms with Crippen molar-refractivity contribution in [1.29, 1.82) is 0 Å². The van der Waals surface area contributed by atoms with Gasteiger partial charge in [0.05, 0.1) is 17.1 Å². The molecule has 1 fully saturated rings. The van der Waals surface area contributed by atoms with Crippen molar-refractivity contribution in [3.63, 3.8) is 0 Å². The number of nitrogens with zero attached hydrogens (tertiary/aromatic N) is 2. The van der Waals surface area contributed by atoms with Gasteiger partial charge in [-0.25, -0.2) is 4.98 Å². The Morgan fingerprint density at radius 1 is 1.20 bits per heavy atom. The van der Waals surface area contributed by atoms with Crippen LogP contribution in [-0.2, 0) is 11.3 Å². The summed E-state index contributed by atoms with van der Waals surface area (Å²) in [5, 5.41) is 3.13. The molecule has 4 nitrogen and oxygen atoms in total. The number of aryl methyl sites for hydroxylation is 1. The first kappa shape index (κ1) is 15.9. The maximum absolute atomic E-state index is 12.2. The Hall–Kier alpha value is -2.62. The average molecular weight is 333 g/mol. The number of rotatable bonds is 5. The van der Waals surface area contributed by atoms with Crippen LogP contribution in [0.4, 0.5) is 0 Å². The second-order valence-corrected chi connectivity index (χ2v) is 7.04. The maximum Gasteiger partial charge on any atom is 0.223 e. The predicted octanol–water partition coefficient (Wildman–Crippen LogP) is 3.98. The van der Waals surface area contributed by atoms with Gasteiger partial charge in [-0.3, -0.25) is 4.79 Å². The van der Waals surface area contributed by atoms with Gasteiger partial charge >= 0.3 is 0 Å². The number of benzene rings is 2. The van der Waals surface area contributed by atoms with Gasteiger partial charge in [0.2, 0.25) is 5.91 Å². The SMILES string of the molecule is Cc1ccc(Cn2c(C(C)NC(=O)C3CC3)nc3ccccc32)cc1. The summed E-state index contributed by atoms with van der Waals surface area (Å²) in [5.41, 5.74) is 4.56. The zero-order valence-corrected chi connectivity index (χ0v) is 14.7. The van der Waals surface area contributed by atoms with Gasteiger partial charge in [0, 0.05) is 12.5 Å². The van der Waals surface area contributed by atoms with E-state index in [1.165, 1.54) is 11.1 Å². The Bertz CT molecular complexity index is 907. The molecule has 1 aliphatic rings. The van der Waals surface area contributed by atoms with Crippen molar-refractivity contribution in [2.45, 2.75) is 39.3 Å². The fourth-order valence-electron chi connectivity index (χ4n) is 3.21. The molecule has 0 radical (unpaired) electrons. The van der Waals surface area contributed by atoms with Crippen LogP contribution < -0.4 is 5.32 Å². The van der Waals surface area contributed by atoms with Crippen LogP contribution in [-0.4, -0.2) is 15.5 Å². The van der Waals surface area contributed by atoms with Gasteiger partial charge in [-0.1, -0.05) is 42.0 Å². The second-order valence-electron chi connectivity index (χ2n) is 7.04. The fraction of sp³-hybridized carbons (Fsp3) is 0.333. The molecule has 0 bridgehead atoms. The van der Waals surface area contributed by atoms with Crippen LogP contribution in [0.2, 0.25) is 0 Å². The lowest BCUT2D eigenvalue weighted by Crippen LogP contribution is -2.29. The van der Waals surface area contributed by atoms with Crippen LogP contribution in [0.1, 0.15) is 42.8 Å². The topological polar surface area (TPSA) is 46.9 Å². The Labute approximate surface area is 147 Å². The number of hydrogen-bond acceptors (Lipinski definition) is 2. The second kappa shape index (κ2) is 6.36. The fourth-order valence-corrected chi connectivity index (χ4v) is 3.21. The summed E-state index contributed by atoms with van der Waals surface area (Å²) >= 11 is 0. The molecule has 1 amide bonds. The number of imidazole rings is 1. The molecule has 2 aromatic carbocycles. The average Bonchev–Trinajstić information content (AvgIpc) is 3.40. The van der Waals surface area contributed by atoms with Gasteiger partial charge in [-0.15, -0.1) is 0 Å². The van der Waals surface area contributed by atoms with Gasteiger partial charge in [0.15, 0.2) is 0 Å². The van der Waals surface area contributed by atoms with E-state index in [0.717, 1.165) is 36.2 Å². The molecule has 4 rings (SSSR count). The third kappa shape index (κ3) is 3.29. The van der Waals surface area contributed by atoms with Crippen LogP contribution in [0.15, 0.2) is 48.5 Å². The summed E-state index contributed by atoms with van der Waals surface area (Å²) in [4.78, 5) is 17.0. The zero-order chi connectivity index (χ0) is 17.4. The van der Waals surface area contributed by atoms with E-state index >= 15 is 0 Å². The molecule has 1 atom stereocenters. The molecule has 1 aromatic heterocycles. The summed E-state index contributed by atoms with van der Waals surface area (Å²) < 4.78 is 2.22. The number of nitrogens with one attached hydrogen (secondary N) is 1. The molecule has 3 aromatic rings. The van der Waals surface area contributed by atoms with E-state index in [-0.39, 0.29) is 17.9 Å². The third-order valence-corrected chi connectivity index (χ3v) is 4.84. The van der Waals surface area contributed by atoms with E-state index in [1.807, 2.05) is 25.1 Å². The minimum Gasteiger partial charge on any atom is -0.346 e. The molecule has 128 valence electrons. The number of para-hydroxylation sites is 2. The van der Waals surface area contributed by atoms with Crippen LogP contribution in [0.5, 0.6) is 0 Å². The number of fused-ring (bicyclic) bond motifs is 1. The Kier molecular flexibility index (Phi) is 4.04. The number of carbonyl (C=O) groups is 1. The van der Waals surface area contributed by atoms with E-state index < -0.39 is 0 Å². The van der Waals surface area contributed by atoms with Gasteiger partial charge in [0.1, 0.15) is 5.82 Å². The molecule has 1 heterocycles. The van der Waals surface area contributed by atoms with Crippen molar-refractivity contribution in [3.8, 4) is 0 Å². The quantitative estimate of drug-likeness (QED) is 0.768. The molecule has 0 saturated heterocycles. The molecule has 1 aliphatic carbocycles. The Morgan fingerprint density at radius 3 is 2.64 bits per heavy atom. The lowest BCUT2D eigenvalue weighted by atomic mass is 10.1. The minimum atomic E-state index is -0.106. The lowest BCUT2D eigenvalue weighted by molar-refractivity contribution is -0.123. The van der Waals surface area contributed by atoms with E-state index in [9.17, 15) is 4.79 Å². The van der Waals surface area contributed by atoms with E-state index in [0.29, 0.717) is 0 Å². The van der Waals surface area contributed by atoms with Crippen molar-refractivity contribution in [1.82, 2.24) is 14.9 Å². The highest BCUT2D eigenvalue weighted by molar-refractivity contribution is 5.81.